The van der Waals surface area contributed by atoms with Crippen molar-refractivity contribution >= 4 is 0 Å². The number of hydrogen-bond acceptors (Lipinski definition) is 1. The van der Waals surface area contributed by atoms with Crippen LogP contribution in [0.5, 0.6) is 0 Å². The lowest BCUT2D eigenvalue weighted by Gasteiger charge is -1.98. The van der Waals surface area contributed by atoms with Crippen LogP contribution in [0.1, 0.15) is 47.0 Å². The molecule has 1 heteroatoms. The number of hydrogen-bond donors (Lipinski definition) is 1. The van der Waals surface area contributed by atoms with Crippen LogP contribution in [0.3, 0.4) is 0 Å². The number of rotatable bonds is 6. The van der Waals surface area contributed by atoms with Crippen LogP contribution in [0.2, 0.25) is 0 Å². The van der Waals surface area contributed by atoms with Gasteiger partial charge in [-0.05, 0) is 53.0 Å². The van der Waals surface area contributed by atoms with Gasteiger partial charge in [-0.3, -0.25) is 0 Å². The Hall–Kier alpha value is -1.24. The molecule has 0 saturated carbocycles. The maximum absolute atomic E-state index is 8.57. The van der Waals surface area contributed by atoms with Crippen LogP contribution in [0.15, 0.2) is 47.3 Å². The summed E-state index contributed by atoms with van der Waals surface area (Å²) in [6, 6.07) is 0. The molecule has 0 saturated heterocycles. The topological polar surface area (TPSA) is 20.2 Å². The molecule has 0 aromatic heterocycles. The van der Waals surface area contributed by atoms with Crippen molar-refractivity contribution in [2.24, 2.45) is 0 Å². The molecule has 0 heterocycles. The average molecular weight is 220 g/mol. The third-order valence-corrected chi connectivity index (χ3v) is 2.33. The smallest absolute Gasteiger partial charge is 0.0794 e. The highest BCUT2D eigenvalue weighted by molar-refractivity contribution is 5.16. The first-order valence-corrected chi connectivity index (χ1v) is 5.82. The molecule has 0 aliphatic heterocycles. The zero-order valence-electron chi connectivity index (χ0n) is 11.0. The van der Waals surface area contributed by atoms with E-state index >= 15 is 0 Å². The van der Waals surface area contributed by atoms with E-state index in [1.165, 1.54) is 11.1 Å². The van der Waals surface area contributed by atoms with Gasteiger partial charge in [-0.15, -0.1) is 0 Å². The standard InChI is InChI=1S/C15H24O/c1-13(2)7-5-8-14(3)9-6-10-15(4)11-12-16/h7,9-12,16H,5-6,8H2,1-4H3/b12-11+,14-9-,15-10+. The van der Waals surface area contributed by atoms with Crippen molar-refractivity contribution in [3.05, 3.63) is 47.3 Å². The Morgan fingerprint density at radius 1 is 1.00 bits per heavy atom. The number of aliphatic hydroxyl groups excluding tert-OH is 1. The van der Waals surface area contributed by atoms with E-state index in [1.54, 1.807) is 6.08 Å². The summed E-state index contributed by atoms with van der Waals surface area (Å²) in [6.45, 7) is 8.42. The molecule has 0 atom stereocenters. The minimum Gasteiger partial charge on any atom is -0.516 e. The van der Waals surface area contributed by atoms with Crippen LogP contribution >= 0.6 is 0 Å². The Balaban J connectivity index is 3.96. The summed E-state index contributed by atoms with van der Waals surface area (Å²) in [5.41, 5.74) is 3.90. The number of aliphatic hydroxyl groups is 1. The quantitative estimate of drug-likeness (QED) is 0.375. The lowest BCUT2D eigenvalue weighted by atomic mass is 10.1. The van der Waals surface area contributed by atoms with Crippen LogP contribution < -0.4 is 0 Å². The van der Waals surface area contributed by atoms with Crippen molar-refractivity contribution < 1.29 is 5.11 Å². The van der Waals surface area contributed by atoms with Crippen LogP contribution in [-0.4, -0.2) is 5.11 Å². The molecule has 0 aliphatic carbocycles. The van der Waals surface area contributed by atoms with E-state index in [4.69, 9.17) is 5.11 Å². The minimum absolute atomic E-state index is 0.941. The Morgan fingerprint density at radius 2 is 1.69 bits per heavy atom. The third kappa shape index (κ3) is 9.32. The molecule has 0 fully saturated rings. The van der Waals surface area contributed by atoms with Crippen molar-refractivity contribution in [1.82, 2.24) is 0 Å². The highest BCUT2D eigenvalue weighted by Crippen LogP contribution is 2.08. The van der Waals surface area contributed by atoms with Gasteiger partial charge in [0, 0.05) is 0 Å². The molecule has 0 rings (SSSR count). The third-order valence-electron chi connectivity index (χ3n) is 2.33. The van der Waals surface area contributed by atoms with Gasteiger partial charge in [0.2, 0.25) is 0 Å². The largest absolute Gasteiger partial charge is 0.516 e. The first-order chi connectivity index (χ1) is 7.56. The van der Waals surface area contributed by atoms with Crippen molar-refractivity contribution in [2.45, 2.75) is 47.0 Å². The predicted molar refractivity (Wildman–Crippen MR) is 72.6 cm³/mol. The molecular weight excluding hydrogens is 196 g/mol. The maximum Gasteiger partial charge on any atom is 0.0794 e. The first-order valence-electron chi connectivity index (χ1n) is 5.82. The molecule has 0 radical (unpaired) electrons. The molecule has 0 spiro atoms. The fourth-order valence-electron chi connectivity index (χ4n) is 1.32. The molecule has 0 aromatic carbocycles. The van der Waals surface area contributed by atoms with Crippen molar-refractivity contribution in [2.75, 3.05) is 0 Å². The Morgan fingerprint density at radius 3 is 2.25 bits per heavy atom. The lowest BCUT2D eigenvalue weighted by molar-refractivity contribution is 0.473. The fourth-order valence-corrected chi connectivity index (χ4v) is 1.32. The monoisotopic (exact) mass is 220 g/mol. The van der Waals surface area contributed by atoms with E-state index in [2.05, 4.69) is 39.0 Å². The Bertz CT molecular complexity index is 299. The molecule has 0 bridgehead atoms. The SMILES string of the molecule is CC(C)=CCC/C(C)=C\C/C=C(C)/C=C/O. The van der Waals surface area contributed by atoms with Gasteiger partial charge in [0.05, 0.1) is 6.26 Å². The average Bonchev–Trinajstić information content (AvgIpc) is 2.17. The summed E-state index contributed by atoms with van der Waals surface area (Å²) in [5, 5.41) is 8.57. The molecule has 90 valence electrons. The molecule has 0 amide bonds. The molecule has 0 unspecified atom stereocenters. The molecule has 0 aromatic rings. The molecule has 1 nitrogen and oxygen atoms in total. The number of allylic oxidation sites excluding steroid dienone is 7. The van der Waals surface area contributed by atoms with Crippen molar-refractivity contribution in [3.63, 3.8) is 0 Å². The van der Waals surface area contributed by atoms with E-state index < -0.39 is 0 Å². The molecular formula is C15H24O. The minimum atomic E-state index is 0.941. The highest BCUT2D eigenvalue weighted by atomic mass is 16.2. The van der Waals surface area contributed by atoms with Crippen molar-refractivity contribution in [3.8, 4) is 0 Å². The second-order valence-electron chi connectivity index (χ2n) is 4.37. The normalized spacial score (nSPS) is 13.2. The van der Waals surface area contributed by atoms with Gasteiger partial charge in [-0.2, -0.15) is 0 Å². The van der Waals surface area contributed by atoms with Crippen LogP contribution in [-0.2, 0) is 0 Å². The van der Waals surface area contributed by atoms with Gasteiger partial charge >= 0.3 is 0 Å². The Kier molecular flexibility index (Phi) is 8.32. The van der Waals surface area contributed by atoms with E-state index in [-0.39, 0.29) is 0 Å². The Labute approximate surface area is 99.9 Å². The zero-order valence-corrected chi connectivity index (χ0v) is 11.0. The van der Waals surface area contributed by atoms with Gasteiger partial charge in [0.15, 0.2) is 0 Å². The summed E-state index contributed by atoms with van der Waals surface area (Å²) in [5.74, 6) is 0. The van der Waals surface area contributed by atoms with Gasteiger partial charge < -0.3 is 5.11 Å². The zero-order chi connectivity index (χ0) is 12.4. The summed E-state index contributed by atoms with van der Waals surface area (Å²) in [7, 11) is 0. The van der Waals surface area contributed by atoms with E-state index in [1.807, 2.05) is 6.92 Å². The molecule has 0 aliphatic rings. The lowest BCUT2D eigenvalue weighted by Crippen LogP contribution is -1.77. The van der Waals surface area contributed by atoms with Crippen LogP contribution in [0.25, 0.3) is 0 Å². The van der Waals surface area contributed by atoms with E-state index in [9.17, 15) is 0 Å². The first kappa shape index (κ1) is 14.8. The van der Waals surface area contributed by atoms with Gasteiger partial charge in [-0.1, -0.05) is 34.9 Å². The van der Waals surface area contributed by atoms with E-state index in [0.29, 0.717) is 0 Å². The summed E-state index contributed by atoms with van der Waals surface area (Å²) < 4.78 is 0. The fraction of sp³-hybridized carbons (Fsp3) is 0.467. The predicted octanol–water partition coefficient (Wildman–Crippen LogP) is 5.09. The molecule has 16 heavy (non-hydrogen) atoms. The summed E-state index contributed by atoms with van der Waals surface area (Å²) in [6.07, 6.45) is 12.6. The van der Waals surface area contributed by atoms with Crippen LogP contribution in [0, 0.1) is 0 Å². The summed E-state index contributed by atoms with van der Waals surface area (Å²) >= 11 is 0. The maximum atomic E-state index is 8.57. The molecule has 1 N–H and O–H groups in total. The van der Waals surface area contributed by atoms with Gasteiger partial charge in [0.1, 0.15) is 0 Å². The second-order valence-corrected chi connectivity index (χ2v) is 4.37. The van der Waals surface area contributed by atoms with E-state index in [0.717, 1.165) is 31.1 Å². The van der Waals surface area contributed by atoms with Crippen molar-refractivity contribution in [1.29, 1.82) is 0 Å². The highest BCUT2D eigenvalue weighted by Gasteiger charge is 1.88. The second kappa shape index (κ2) is 9.02. The van der Waals surface area contributed by atoms with Gasteiger partial charge in [0.25, 0.3) is 0 Å². The van der Waals surface area contributed by atoms with Gasteiger partial charge in [-0.25, -0.2) is 0 Å². The summed E-state index contributed by atoms with van der Waals surface area (Å²) in [4.78, 5) is 0. The van der Waals surface area contributed by atoms with Crippen LogP contribution in [0.4, 0.5) is 0 Å².